The average molecular weight is 484 g/mol. The van der Waals surface area contributed by atoms with Crippen LogP contribution in [-0.4, -0.2) is 33.7 Å². The standard InChI is InChI=1S/C24H22ClN3O4S/c1-2-15-32-20-10-8-9-19(16-20)17-26-27-24(29)18-28(23-14-7-6-13-22(23)25)33(30,31)21-11-4-3-5-12-21/h2-14,16-17H,1,15,18H2,(H,27,29)/b26-17-. The molecule has 0 bridgehead atoms. The number of nitrogens with one attached hydrogen (secondary N) is 1. The number of hydrogen-bond acceptors (Lipinski definition) is 5. The molecule has 33 heavy (non-hydrogen) atoms. The number of ether oxygens (including phenoxy) is 1. The van der Waals surface area contributed by atoms with Crippen LogP contribution in [0, 0.1) is 0 Å². The summed E-state index contributed by atoms with van der Waals surface area (Å²) in [6.07, 6.45) is 3.07. The molecule has 0 aliphatic heterocycles. The first-order chi connectivity index (χ1) is 15.9. The zero-order valence-corrected chi connectivity index (χ0v) is 19.2. The van der Waals surface area contributed by atoms with E-state index in [0.717, 1.165) is 4.31 Å². The highest BCUT2D eigenvalue weighted by molar-refractivity contribution is 7.92. The smallest absolute Gasteiger partial charge is 0.264 e. The van der Waals surface area contributed by atoms with E-state index in [4.69, 9.17) is 16.3 Å². The fourth-order valence-corrected chi connectivity index (χ4v) is 4.61. The van der Waals surface area contributed by atoms with E-state index in [1.807, 2.05) is 0 Å². The number of rotatable bonds is 10. The van der Waals surface area contributed by atoms with Crippen molar-refractivity contribution >= 4 is 39.4 Å². The maximum Gasteiger partial charge on any atom is 0.264 e. The van der Waals surface area contributed by atoms with Gasteiger partial charge >= 0.3 is 0 Å². The Kier molecular flexibility index (Phi) is 8.23. The zero-order chi connectivity index (χ0) is 23.7. The van der Waals surface area contributed by atoms with Gasteiger partial charge < -0.3 is 4.74 Å². The van der Waals surface area contributed by atoms with Crippen LogP contribution in [-0.2, 0) is 14.8 Å². The van der Waals surface area contributed by atoms with Gasteiger partial charge in [-0.15, -0.1) is 0 Å². The third kappa shape index (κ3) is 6.44. The summed E-state index contributed by atoms with van der Waals surface area (Å²) in [4.78, 5) is 12.6. The van der Waals surface area contributed by atoms with Gasteiger partial charge in [0.25, 0.3) is 15.9 Å². The van der Waals surface area contributed by atoms with E-state index in [9.17, 15) is 13.2 Å². The highest BCUT2D eigenvalue weighted by Gasteiger charge is 2.28. The van der Waals surface area contributed by atoms with Crippen LogP contribution in [0.5, 0.6) is 5.75 Å². The summed E-state index contributed by atoms with van der Waals surface area (Å²) in [6.45, 7) is 3.45. The Morgan fingerprint density at radius 2 is 1.79 bits per heavy atom. The number of para-hydroxylation sites is 1. The number of hydrazone groups is 1. The number of carbonyl (C=O) groups excluding carboxylic acids is 1. The summed E-state index contributed by atoms with van der Waals surface area (Å²) in [5.41, 5.74) is 3.24. The van der Waals surface area contributed by atoms with Crippen molar-refractivity contribution in [1.82, 2.24) is 5.43 Å². The van der Waals surface area contributed by atoms with E-state index in [-0.39, 0.29) is 15.6 Å². The number of sulfonamides is 1. The Morgan fingerprint density at radius 1 is 1.06 bits per heavy atom. The lowest BCUT2D eigenvalue weighted by Gasteiger charge is -2.24. The van der Waals surface area contributed by atoms with Crippen LogP contribution >= 0.6 is 11.6 Å². The summed E-state index contributed by atoms with van der Waals surface area (Å²) in [6, 6.07) is 21.3. The van der Waals surface area contributed by atoms with Gasteiger partial charge in [-0.2, -0.15) is 5.10 Å². The largest absolute Gasteiger partial charge is 0.490 e. The van der Waals surface area contributed by atoms with E-state index < -0.39 is 22.5 Å². The third-order valence-corrected chi connectivity index (χ3v) is 6.46. The first kappa shape index (κ1) is 24.0. The molecular formula is C24H22ClN3O4S. The van der Waals surface area contributed by atoms with Gasteiger partial charge in [-0.3, -0.25) is 9.10 Å². The van der Waals surface area contributed by atoms with Gasteiger partial charge in [-0.05, 0) is 42.0 Å². The van der Waals surface area contributed by atoms with Crippen molar-refractivity contribution < 1.29 is 17.9 Å². The van der Waals surface area contributed by atoms with Crippen LogP contribution in [0.15, 0.2) is 102 Å². The summed E-state index contributed by atoms with van der Waals surface area (Å²) in [7, 11) is -4.05. The SMILES string of the molecule is C=CCOc1cccc(/C=N\NC(=O)CN(c2ccccc2Cl)S(=O)(=O)c2ccccc2)c1. The monoisotopic (exact) mass is 483 g/mol. The summed E-state index contributed by atoms with van der Waals surface area (Å²) in [5, 5.41) is 4.13. The molecule has 3 aromatic carbocycles. The first-order valence-electron chi connectivity index (χ1n) is 9.90. The Balaban J connectivity index is 1.78. The molecule has 0 saturated heterocycles. The molecule has 0 saturated carbocycles. The normalized spacial score (nSPS) is 11.2. The van der Waals surface area contributed by atoms with Crippen LogP contribution < -0.4 is 14.5 Å². The second-order valence-electron chi connectivity index (χ2n) is 6.74. The van der Waals surface area contributed by atoms with Gasteiger partial charge in [0.05, 0.1) is 21.8 Å². The third-order valence-electron chi connectivity index (χ3n) is 4.37. The molecule has 170 valence electrons. The molecule has 3 rings (SSSR count). The van der Waals surface area contributed by atoms with E-state index in [0.29, 0.717) is 17.9 Å². The number of halogens is 1. The minimum absolute atomic E-state index is 0.0394. The van der Waals surface area contributed by atoms with Crippen LogP contribution in [0.3, 0.4) is 0 Å². The van der Waals surface area contributed by atoms with Gasteiger partial charge in [0.2, 0.25) is 0 Å². The Bertz CT molecular complexity index is 1250. The summed E-state index contributed by atoms with van der Waals surface area (Å²) < 4.78 is 33.0. The summed E-state index contributed by atoms with van der Waals surface area (Å²) in [5.74, 6) is -0.00577. The molecule has 3 aromatic rings. The fraction of sp³-hybridized carbons (Fsp3) is 0.0833. The Labute approximate surface area is 198 Å². The molecule has 1 N–H and O–H groups in total. The van der Waals surface area contributed by atoms with Gasteiger partial charge in [0.15, 0.2) is 0 Å². The van der Waals surface area contributed by atoms with Crippen molar-refractivity contribution in [1.29, 1.82) is 0 Å². The molecular weight excluding hydrogens is 462 g/mol. The number of amides is 1. The topological polar surface area (TPSA) is 88.1 Å². The average Bonchev–Trinajstić information content (AvgIpc) is 2.82. The van der Waals surface area contributed by atoms with Crippen molar-refractivity contribution in [3.8, 4) is 5.75 Å². The minimum Gasteiger partial charge on any atom is -0.490 e. The molecule has 0 unspecified atom stereocenters. The number of carbonyl (C=O) groups is 1. The molecule has 0 radical (unpaired) electrons. The minimum atomic E-state index is -4.05. The molecule has 0 aliphatic carbocycles. The van der Waals surface area contributed by atoms with Gasteiger partial charge in [-0.25, -0.2) is 13.8 Å². The van der Waals surface area contributed by atoms with Crippen LogP contribution in [0.2, 0.25) is 5.02 Å². The molecule has 1 amide bonds. The molecule has 0 fully saturated rings. The number of benzene rings is 3. The summed E-state index contributed by atoms with van der Waals surface area (Å²) >= 11 is 6.25. The van der Waals surface area contributed by atoms with Crippen LogP contribution in [0.4, 0.5) is 5.69 Å². The second-order valence-corrected chi connectivity index (χ2v) is 9.01. The van der Waals surface area contributed by atoms with Crippen molar-refractivity contribution in [3.63, 3.8) is 0 Å². The maximum absolute atomic E-state index is 13.3. The lowest BCUT2D eigenvalue weighted by Crippen LogP contribution is -2.39. The predicted octanol–water partition coefficient (Wildman–Crippen LogP) is 4.25. The van der Waals surface area contributed by atoms with Crippen molar-refractivity contribution in [2.24, 2.45) is 5.10 Å². The number of hydrogen-bond donors (Lipinski definition) is 1. The number of nitrogens with zero attached hydrogens (tertiary/aromatic N) is 2. The highest BCUT2D eigenvalue weighted by atomic mass is 35.5. The molecule has 0 aliphatic rings. The van der Waals surface area contributed by atoms with E-state index >= 15 is 0 Å². The Hall–Kier alpha value is -3.62. The quantitative estimate of drug-likeness (QED) is 0.265. The highest BCUT2D eigenvalue weighted by Crippen LogP contribution is 2.30. The van der Waals surface area contributed by atoms with Crippen LogP contribution in [0.25, 0.3) is 0 Å². The molecule has 0 heterocycles. The molecule has 7 nitrogen and oxygen atoms in total. The van der Waals surface area contributed by atoms with Crippen molar-refractivity contribution in [3.05, 3.63) is 102 Å². The molecule has 9 heteroatoms. The number of anilines is 1. The lowest BCUT2D eigenvalue weighted by atomic mass is 10.2. The van der Waals surface area contributed by atoms with Gasteiger partial charge in [0, 0.05) is 0 Å². The van der Waals surface area contributed by atoms with Crippen molar-refractivity contribution in [2.75, 3.05) is 17.5 Å². The van der Waals surface area contributed by atoms with Crippen molar-refractivity contribution in [2.45, 2.75) is 4.90 Å². The second kappa shape index (κ2) is 11.3. The molecule has 0 spiro atoms. The Morgan fingerprint density at radius 3 is 2.52 bits per heavy atom. The van der Waals surface area contributed by atoms with E-state index in [1.54, 1.807) is 66.7 Å². The van der Waals surface area contributed by atoms with E-state index in [1.165, 1.54) is 24.4 Å². The molecule has 0 aromatic heterocycles. The van der Waals surface area contributed by atoms with E-state index in [2.05, 4.69) is 17.1 Å². The van der Waals surface area contributed by atoms with Gasteiger partial charge in [-0.1, -0.05) is 66.7 Å². The van der Waals surface area contributed by atoms with Gasteiger partial charge in [0.1, 0.15) is 18.9 Å². The fourth-order valence-electron chi connectivity index (χ4n) is 2.86. The molecule has 0 atom stereocenters. The lowest BCUT2D eigenvalue weighted by molar-refractivity contribution is -0.119. The maximum atomic E-state index is 13.3. The van der Waals surface area contributed by atoms with Crippen LogP contribution in [0.1, 0.15) is 5.56 Å². The predicted molar refractivity (Wildman–Crippen MR) is 130 cm³/mol. The first-order valence-corrected chi connectivity index (χ1v) is 11.7. The zero-order valence-electron chi connectivity index (χ0n) is 17.6.